The molecular formula is C15H27Cl2N5O3S2. The molecule has 0 atom stereocenters. The molecule has 0 bridgehead atoms. The van der Waals surface area contributed by atoms with Crippen LogP contribution in [0.15, 0.2) is 0 Å². The van der Waals surface area contributed by atoms with Crippen molar-refractivity contribution in [2.45, 2.75) is 30.9 Å². The first kappa shape index (κ1) is 24.4. The van der Waals surface area contributed by atoms with Crippen LogP contribution >= 0.6 is 36.3 Å². The minimum Gasteiger partial charge on any atom is -0.343 e. The number of aromatic nitrogens is 2. The highest BCUT2D eigenvalue weighted by Crippen LogP contribution is 2.31. The Morgan fingerprint density at radius 2 is 1.78 bits per heavy atom. The van der Waals surface area contributed by atoms with Gasteiger partial charge in [0.25, 0.3) is 0 Å². The number of aryl methyl sites for hydroxylation is 1. The van der Waals surface area contributed by atoms with E-state index in [2.05, 4.69) is 19.6 Å². The molecule has 2 aliphatic heterocycles. The Morgan fingerprint density at radius 3 is 2.26 bits per heavy atom. The molecule has 0 unspecified atom stereocenters. The molecule has 27 heavy (non-hydrogen) atoms. The van der Waals surface area contributed by atoms with Gasteiger partial charge in [-0.2, -0.15) is 4.37 Å². The SMILES string of the molecule is CCc1nsc(N2CCN(C(=O)C3(S(C)(=O)=O)CCNCC3)CC2)n1.Cl.Cl. The van der Waals surface area contributed by atoms with E-state index in [1.54, 1.807) is 4.90 Å². The van der Waals surface area contributed by atoms with Gasteiger partial charge in [0.2, 0.25) is 11.0 Å². The molecule has 3 heterocycles. The zero-order chi connectivity index (χ0) is 18.1. The average Bonchev–Trinajstić information content (AvgIpc) is 3.10. The summed E-state index contributed by atoms with van der Waals surface area (Å²) in [6.07, 6.45) is 2.70. The first-order valence-electron chi connectivity index (χ1n) is 8.64. The number of amides is 1. The van der Waals surface area contributed by atoms with Crippen molar-refractivity contribution in [1.82, 2.24) is 19.6 Å². The maximum Gasteiger partial charge on any atom is 0.244 e. The average molecular weight is 460 g/mol. The third-order valence-corrected chi connectivity index (χ3v) is 7.94. The fourth-order valence-electron chi connectivity index (χ4n) is 3.48. The van der Waals surface area contributed by atoms with Crippen LogP contribution in [0.25, 0.3) is 0 Å². The number of nitrogens with one attached hydrogen (secondary N) is 1. The Kier molecular flexibility index (Phi) is 8.74. The Hall–Kier alpha value is -0.680. The van der Waals surface area contributed by atoms with Crippen LogP contribution in [0.4, 0.5) is 5.13 Å². The van der Waals surface area contributed by atoms with Crippen molar-refractivity contribution in [3.8, 4) is 0 Å². The summed E-state index contributed by atoms with van der Waals surface area (Å²) < 4.78 is 27.9. The molecule has 3 rings (SSSR count). The Morgan fingerprint density at radius 1 is 1.19 bits per heavy atom. The van der Waals surface area contributed by atoms with Crippen LogP contribution in [-0.4, -0.2) is 78.9 Å². The smallest absolute Gasteiger partial charge is 0.244 e. The second-order valence-electron chi connectivity index (χ2n) is 6.64. The van der Waals surface area contributed by atoms with Gasteiger partial charge < -0.3 is 15.1 Å². The molecule has 2 saturated heterocycles. The number of anilines is 1. The Labute approximate surface area is 177 Å². The van der Waals surface area contributed by atoms with E-state index in [4.69, 9.17) is 0 Å². The molecule has 0 saturated carbocycles. The number of sulfone groups is 1. The van der Waals surface area contributed by atoms with E-state index < -0.39 is 14.6 Å². The third-order valence-electron chi connectivity index (χ3n) is 5.12. The topological polar surface area (TPSA) is 95.5 Å². The zero-order valence-electron chi connectivity index (χ0n) is 15.5. The van der Waals surface area contributed by atoms with Gasteiger partial charge in [0, 0.05) is 50.4 Å². The summed E-state index contributed by atoms with van der Waals surface area (Å²) in [6.45, 7) is 5.48. The summed E-state index contributed by atoms with van der Waals surface area (Å²) in [5, 5.41) is 4.03. The number of rotatable bonds is 4. The van der Waals surface area contributed by atoms with Gasteiger partial charge in [0.1, 0.15) is 5.82 Å². The fourth-order valence-corrected chi connectivity index (χ4v) is 5.67. The number of nitrogens with zero attached hydrogens (tertiary/aromatic N) is 4. The molecule has 1 aromatic rings. The second-order valence-corrected chi connectivity index (χ2v) is 9.70. The van der Waals surface area contributed by atoms with Crippen molar-refractivity contribution in [1.29, 1.82) is 0 Å². The molecule has 156 valence electrons. The van der Waals surface area contributed by atoms with Crippen LogP contribution in [-0.2, 0) is 21.1 Å². The van der Waals surface area contributed by atoms with Crippen molar-refractivity contribution < 1.29 is 13.2 Å². The molecule has 0 aromatic carbocycles. The highest BCUT2D eigenvalue weighted by molar-refractivity contribution is 7.92. The van der Waals surface area contributed by atoms with Gasteiger partial charge in [0.05, 0.1) is 0 Å². The molecule has 0 radical (unpaired) electrons. The maximum absolute atomic E-state index is 13.1. The highest BCUT2D eigenvalue weighted by atomic mass is 35.5. The molecular weight excluding hydrogens is 433 g/mol. The number of piperidine rings is 1. The number of piperazine rings is 1. The van der Waals surface area contributed by atoms with Gasteiger partial charge in [-0.15, -0.1) is 24.8 Å². The van der Waals surface area contributed by atoms with Crippen LogP contribution in [0.5, 0.6) is 0 Å². The second kappa shape index (κ2) is 9.69. The summed E-state index contributed by atoms with van der Waals surface area (Å²) >= 11 is 1.38. The van der Waals surface area contributed by atoms with E-state index in [1.807, 2.05) is 6.92 Å². The molecule has 0 spiro atoms. The van der Waals surface area contributed by atoms with Crippen molar-refractivity contribution in [2.75, 3.05) is 50.4 Å². The molecule has 12 heteroatoms. The van der Waals surface area contributed by atoms with Gasteiger partial charge in [-0.3, -0.25) is 4.79 Å². The minimum absolute atomic E-state index is 0. The first-order valence-corrected chi connectivity index (χ1v) is 11.3. The summed E-state index contributed by atoms with van der Waals surface area (Å²) in [7, 11) is -3.47. The third kappa shape index (κ3) is 4.84. The summed E-state index contributed by atoms with van der Waals surface area (Å²) in [6, 6.07) is 0. The summed E-state index contributed by atoms with van der Waals surface area (Å²) in [5.74, 6) is 0.604. The highest BCUT2D eigenvalue weighted by Gasteiger charge is 2.50. The van der Waals surface area contributed by atoms with Gasteiger partial charge in [-0.05, 0) is 25.9 Å². The Bertz CT molecular complexity index is 730. The van der Waals surface area contributed by atoms with Crippen molar-refractivity contribution in [3.63, 3.8) is 0 Å². The lowest BCUT2D eigenvalue weighted by molar-refractivity contribution is -0.135. The maximum atomic E-state index is 13.1. The van der Waals surface area contributed by atoms with E-state index in [0.717, 1.165) is 17.4 Å². The monoisotopic (exact) mass is 459 g/mol. The standard InChI is InChI=1S/C15H25N5O3S2.2ClH/c1-3-12-17-14(24-18-12)20-10-8-19(9-11-20)13(21)15(25(2,22)23)4-6-16-7-5-15;;/h16H,3-11H2,1-2H3;2*1H. The molecule has 2 aliphatic rings. The lowest BCUT2D eigenvalue weighted by atomic mass is 9.95. The zero-order valence-corrected chi connectivity index (χ0v) is 18.8. The molecule has 1 amide bonds. The van der Waals surface area contributed by atoms with E-state index in [9.17, 15) is 13.2 Å². The first-order chi connectivity index (χ1) is 11.9. The van der Waals surface area contributed by atoms with Crippen LogP contribution in [0.2, 0.25) is 0 Å². The van der Waals surface area contributed by atoms with E-state index in [-0.39, 0.29) is 30.7 Å². The van der Waals surface area contributed by atoms with Crippen LogP contribution in [0, 0.1) is 0 Å². The minimum atomic E-state index is -3.47. The molecule has 2 fully saturated rings. The van der Waals surface area contributed by atoms with Crippen molar-refractivity contribution in [2.24, 2.45) is 0 Å². The van der Waals surface area contributed by atoms with E-state index in [1.165, 1.54) is 17.8 Å². The van der Waals surface area contributed by atoms with Crippen LogP contribution in [0.1, 0.15) is 25.6 Å². The summed E-state index contributed by atoms with van der Waals surface area (Å²) in [5.41, 5.74) is 0. The lowest BCUT2D eigenvalue weighted by Crippen LogP contribution is -2.61. The van der Waals surface area contributed by atoms with Crippen molar-refractivity contribution >= 4 is 57.2 Å². The van der Waals surface area contributed by atoms with Crippen LogP contribution in [0.3, 0.4) is 0 Å². The molecule has 8 nitrogen and oxygen atoms in total. The Balaban J connectivity index is 0.00000182. The van der Waals surface area contributed by atoms with E-state index >= 15 is 0 Å². The normalized spacial score (nSPS) is 19.8. The molecule has 0 aliphatic carbocycles. The molecule has 1 N–H and O–H groups in total. The quantitative estimate of drug-likeness (QED) is 0.709. The predicted molar refractivity (Wildman–Crippen MR) is 112 cm³/mol. The number of carbonyl (C=O) groups excluding carboxylic acids is 1. The van der Waals surface area contributed by atoms with Gasteiger partial charge >= 0.3 is 0 Å². The predicted octanol–water partition coefficient (Wildman–Crippen LogP) is 0.759. The molecule has 1 aromatic heterocycles. The van der Waals surface area contributed by atoms with Crippen LogP contribution < -0.4 is 10.2 Å². The van der Waals surface area contributed by atoms with Gasteiger partial charge in [0.15, 0.2) is 14.6 Å². The largest absolute Gasteiger partial charge is 0.343 e. The van der Waals surface area contributed by atoms with Gasteiger partial charge in [-0.1, -0.05) is 6.92 Å². The van der Waals surface area contributed by atoms with E-state index in [0.29, 0.717) is 52.1 Å². The number of carbonyl (C=O) groups is 1. The summed E-state index contributed by atoms with van der Waals surface area (Å²) in [4.78, 5) is 21.4. The van der Waals surface area contributed by atoms with Crippen molar-refractivity contribution in [3.05, 3.63) is 5.82 Å². The lowest BCUT2D eigenvalue weighted by Gasteiger charge is -2.41. The van der Waals surface area contributed by atoms with Gasteiger partial charge in [-0.25, -0.2) is 13.4 Å². The number of halogens is 2. The number of hydrogen-bond donors (Lipinski definition) is 1. The number of hydrogen-bond acceptors (Lipinski definition) is 8. The fraction of sp³-hybridized carbons (Fsp3) is 0.800.